The van der Waals surface area contributed by atoms with Gasteiger partial charge in [0.25, 0.3) is 5.89 Å². The van der Waals surface area contributed by atoms with Crippen LogP contribution >= 0.6 is 23.2 Å². The summed E-state index contributed by atoms with van der Waals surface area (Å²) in [5, 5.41) is 11.8. The number of anilines is 2. The normalized spacial score (nSPS) is 10.5. The Morgan fingerprint density at radius 1 is 1.05 bits per heavy atom. The third-order valence-electron chi connectivity index (χ3n) is 2.74. The molecule has 1 heterocycles. The minimum atomic E-state index is 0.116. The minimum absolute atomic E-state index is 0.116. The molecule has 0 saturated carbocycles. The Hall–Kier alpha value is -2.24. The monoisotopic (exact) mass is 335 g/mol. The van der Waals surface area contributed by atoms with Crippen LogP contribution in [-0.4, -0.2) is 10.2 Å². The number of nitrogens with one attached hydrogen (secondary N) is 1. The molecule has 0 radical (unpaired) electrons. The first-order valence-corrected chi connectivity index (χ1v) is 7.18. The van der Waals surface area contributed by atoms with Crippen LogP contribution in [0.25, 0.3) is 0 Å². The van der Waals surface area contributed by atoms with Crippen molar-refractivity contribution in [1.82, 2.24) is 10.2 Å². The van der Waals surface area contributed by atoms with Crippen LogP contribution in [0.4, 0.5) is 11.7 Å². The maximum Gasteiger partial charge on any atom is 0.320 e. The predicted molar refractivity (Wildman–Crippen MR) is 84.8 cm³/mol. The van der Waals surface area contributed by atoms with Crippen molar-refractivity contribution in [2.45, 2.75) is 6.61 Å². The quantitative estimate of drug-likeness (QED) is 0.732. The van der Waals surface area contributed by atoms with Crippen LogP contribution in [0, 0.1) is 0 Å². The summed E-state index contributed by atoms with van der Waals surface area (Å²) in [6, 6.07) is 14.8. The molecule has 112 valence electrons. The predicted octanol–water partition coefficient (Wildman–Crippen LogP) is 4.70. The minimum Gasteiger partial charge on any atom is -0.482 e. The Morgan fingerprint density at radius 2 is 1.86 bits per heavy atom. The molecule has 0 aliphatic heterocycles. The Balaban J connectivity index is 1.62. The van der Waals surface area contributed by atoms with Crippen LogP contribution in [0.15, 0.2) is 52.9 Å². The zero-order chi connectivity index (χ0) is 15.4. The Bertz CT molecular complexity index is 762. The van der Waals surface area contributed by atoms with Gasteiger partial charge in [0, 0.05) is 10.7 Å². The lowest BCUT2D eigenvalue weighted by Crippen LogP contribution is -1.96. The molecule has 0 aliphatic rings. The number of halogens is 2. The molecule has 0 bridgehead atoms. The van der Waals surface area contributed by atoms with E-state index < -0.39 is 0 Å². The molecule has 0 atom stereocenters. The molecule has 7 heteroatoms. The molecule has 0 fully saturated rings. The maximum absolute atomic E-state index is 6.02. The molecule has 1 N–H and O–H groups in total. The molecular formula is C15H11Cl2N3O2. The first-order valence-electron chi connectivity index (χ1n) is 6.43. The van der Waals surface area contributed by atoms with Crippen molar-refractivity contribution in [2.24, 2.45) is 0 Å². The van der Waals surface area contributed by atoms with E-state index in [4.69, 9.17) is 32.4 Å². The van der Waals surface area contributed by atoms with E-state index >= 15 is 0 Å². The Labute approximate surface area is 136 Å². The summed E-state index contributed by atoms with van der Waals surface area (Å²) < 4.78 is 11.0. The van der Waals surface area contributed by atoms with E-state index in [9.17, 15) is 0 Å². The SMILES string of the molecule is Clc1ccc(OCc2nnc(Nc3ccccc3)o2)c(Cl)c1. The fourth-order valence-electron chi connectivity index (χ4n) is 1.74. The maximum atomic E-state index is 6.02. The van der Waals surface area contributed by atoms with E-state index in [1.807, 2.05) is 30.3 Å². The van der Waals surface area contributed by atoms with Gasteiger partial charge in [0.1, 0.15) is 5.75 Å². The standard InChI is InChI=1S/C15H11Cl2N3O2/c16-10-6-7-13(12(17)8-10)21-9-14-19-20-15(22-14)18-11-4-2-1-3-5-11/h1-8H,9H2,(H,18,20). The summed E-state index contributed by atoms with van der Waals surface area (Å²) in [6.07, 6.45) is 0. The second-order valence-electron chi connectivity index (χ2n) is 4.36. The van der Waals surface area contributed by atoms with Crippen LogP contribution < -0.4 is 10.1 Å². The van der Waals surface area contributed by atoms with Crippen molar-refractivity contribution in [2.75, 3.05) is 5.32 Å². The van der Waals surface area contributed by atoms with Crippen molar-refractivity contribution >= 4 is 34.9 Å². The number of ether oxygens (including phenoxy) is 1. The van der Waals surface area contributed by atoms with E-state index in [-0.39, 0.29) is 6.61 Å². The molecule has 3 rings (SSSR count). The van der Waals surface area contributed by atoms with Gasteiger partial charge in [0.2, 0.25) is 0 Å². The summed E-state index contributed by atoms with van der Waals surface area (Å²) in [4.78, 5) is 0. The van der Waals surface area contributed by atoms with Crippen molar-refractivity contribution in [1.29, 1.82) is 0 Å². The van der Waals surface area contributed by atoms with Gasteiger partial charge in [-0.1, -0.05) is 46.5 Å². The van der Waals surface area contributed by atoms with Crippen LogP contribution in [0.2, 0.25) is 10.0 Å². The number of para-hydroxylation sites is 1. The summed E-state index contributed by atoms with van der Waals surface area (Å²) >= 11 is 11.8. The van der Waals surface area contributed by atoms with Gasteiger partial charge in [-0.2, -0.15) is 0 Å². The highest BCUT2D eigenvalue weighted by molar-refractivity contribution is 6.35. The summed E-state index contributed by atoms with van der Waals surface area (Å²) in [6.45, 7) is 0.116. The fourth-order valence-corrected chi connectivity index (χ4v) is 2.20. The molecule has 1 aromatic heterocycles. The number of aromatic nitrogens is 2. The highest BCUT2D eigenvalue weighted by Gasteiger charge is 2.09. The second kappa shape index (κ2) is 6.68. The Kier molecular flexibility index (Phi) is 4.46. The molecule has 0 unspecified atom stereocenters. The van der Waals surface area contributed by atoms with Gasteiger partial charge in [0.05, 0.1) is 5.02 Å². The largest absolute Gasteiger partial charge is 0.482 e. The lowest BCUT2D eigenvalue weighted by molar-refractivity contribution is 0.265. The molecule has 0 saturated heterocycles. The zero-order valence-corrected chi connectivity index (χ0v) is 12.8. The zero-order valence-electron chi connectivity index (χ0n) is 11.3. The van der Waals surface area contributed by atoms with Gasteiger partial charge >= 0.3 is 6.01 Å². The third-order valence-corrected chi connectivity index (χ3v) is 3.27. The Morgan fingerprint density at radius 3 is 2.64 bits per heavy atom. The van der Waals surface area contributed by atoms with E-state index in [1.165, 1.54) is 0 Å². The molecule has 2 aromatic carbocycles. The molecule has 22 heavy (non-hydrogen) atoms. The average molecular weight is 336 g/mol. The van der Waals surface area contributed by atoms with Gasteiger partial charge in [-0.25, -0.2) is 0 Å². The van der Waals surface area contributed by atoms with Crippen LogP contribution in [0.3, 0.4) is 0 Å². The van der Waals surface area contributed by atoms with Crippen LogP contribution in [0.5, 0.6) is 5.75 Å². The highest BCUT2D eigenvalue weighted by Crippen LogP contribution is 2.28. The van der Waals surface area contributed by atoms with E-state index in [2.05, 4.69) is 15.5 Å². The van der Waals surface area contributed by atoms with Crippen LogP contribution in [-0.2, 0) is 6.61 Å². The van der Waals surface area contributed by atoms with E-state index in [0.29, 0.717) is 27.7 Å². The lowest BCUT2D eigenvalue weighted by atomic mass is 10.3. The van der Waals surface area contributed by atoms with Crippen molar-refractivity contribution < 1.29 is 9.15 Å². The summed E-state index contributed by atoms with van der Waals surface area (Å²) in [5.74, 6) is 0.839. The highest BCUT2D eigenvalue weighted by atomic mass is 35.5. The fraction of sp³-hybridized carbons (Fsp3) is 0.0667. The van der Waals surface area contributed by atoms with Crippen LogP contribution in [0.1, 0.15) is 5.89 Å². The number of hydrogen-bond donors (Lipinski definition) is 1. The molecule has 0 aliphatic carbocycles. The topological polar surface area (TPSA) is 60.2 Å². The van der Waals surface area contributed by atoms with E-state index in [1.54, 1.807) is 18.2 Å². The molecule has 3 aromatic rings. The van der Waals surface area contributed by atoms with Gasteiger partial charge in [-0.3, -0.25) is 0 Å². The number of rotatable bonds is 5. The van der Waals surface area contributed by atoms with Gasteiger partial charge in [-0.15, -0.1) is 5.10 Å². The number of hydrogen-bond acceptors (Lipinski definition) is 5. The van der Waals surface area contributed by atoms with Crippen molar-refractivity contribution in [3.05, 3.63) is 64.5 Å². The number of benzene rings is 2. The summed E-state index contributed by atoms with van der Waals surface area (Å²) in [5.41, 5.74) is 0.861. The third kappa shape index (κ3) is 3.69. The smallest absolute Gasteiger partial charge is 0.320 e. The average Bonchev–Trinajstić information content (AvgIpc) is 2.95. The first kappa shape index (κ1) is 14.7. The molecule has 5 nitrogen and oxygen atoms in total. The first-order chi connectivity index (χ1) is 10.7. The molecular weight excluding hydrogens is 325 g/mol. The number of nitrogens with zero attached hydrogens (tertiary/aromatic N) is 2. The van der Waals surface area contributed by atoms with Crippen molar-refractivity contribution in [3.63, 3.8) is 0 Å². The second-order valence-corrected chi connectivity index (χ2v) is 5.20. The molecule has 0 amide bonds. The van der Waals surface area contributed by atoms with Gasteiger partial charge in [-0.05, 0) is 30.3 Å². The summed E-state index contributed by atoms with van der Waals surface area (Å²) in [7, 11) is 0. The van der Waals surface area contributed by atoms with E-state index in [0.717, 1.165) is 5.69 Å². The lowest BCUT2D eigenvalue weighted by Gasteiger charge is -2.05. The van der Waals surface area contributed by atoms with Gasteiger partial charge in [0.15, 0.2) is 6.61 Å². The van der Waals surface area contributed by atoms with Gasteiger partial charge < -0.3 is 14.5 Å². The van der Waals surface area contributed by atoms with Crippen molar-refractivity contribution in [3.8, 4) is 5.75 Å². The molecule has 0 spiro atoms.